The van der Waals surface area contributed by atoms with Crippen molar-refractivity contribution in [3.05, 3.63) is 0 Å². The van der Waals surface area contributed by atoms with Crippen LogP contribution < -0.4 is 5.32 Å². The highest BCUT2D eigenvalue weighted by Crippen LogP contribution is 2.52. The molecular weight excluding hydrogens is 270 g/mol. The lowest BCUT2D eigenvalue weighted by atomic mass is 9.58. The lowest BCUT2D eigenvalue weighted by Crippen LogP contribution is -2.48. The van der Waals surface area contributed by atoms with E-state index >= 15 is 0 Å². The molecule has 3 rings (SSSR count). The summed E-state index contributed by atoms with van der Waals surface area (Å²) in [6.07, 6.45) is 6.78. The number of fused-ring (bicyclic) bond motifs is 3. The average Bonchev–Trinajstić information content (AvgIpc) is 2.37. The van der Waals surface area contributed by atoms with Gasteiger partial charge in [0.15, 0.2) is 0 Å². The fourth-order valence-electron chi connectivity index (χ4n) is 3.73. The van der Waals surface area contributed by atoms with Crippen molar-refractivity contribution in [3.8, 4) is 0 Å². The van der Waals surface area contributed by atoms with Gasteiger partial charge in [-0.15, -0.1) is 0 Å². The average molecular weight is 297 g/mol. The predicted octanol–water partition coefficient (Wildman–Crippen LogP) is 3.32. The van der Waals surface area contributed by atoms with Crippen LogP contribution in [0.5, 0.6) is 0 Å². The minimum Gasteiger partial charge on any atom is -0.480 e. The zero-order valence-corrected chi connectivity index (χ0v) is 13.3. The second kappa shape index (κ2) is 5.85. The van der Waals surface area contributed by atoms with Crippen LogP contribution >= 0.6 is 0 Å². The minimum absolute atomic E-state index is 0.104. The molecule has 3 aliphatic carbocycles. The quantitative estimate of drug-likeness (QED) is 0.834. The molecule has 1 amide bonds. The predicted molar refractivity (Wildman–Crippen MR) is 79.0 cm³/mol. The SMILES string of the molecule is CC(C)(C)OC(=O)N[C@@H](CC12CCC(CC1)CC2)C(=O)O. The number of carbonyl (C=O) groups is 2. The molecule has 0 saturated heterocycles. The van der Waals surface area contributed by atoms with Gasteiger partial charge in [0.25, 0.3) is 0 Å². The minimum atomic E-state index is -0.970. The smallest absolute Gasteiger partial charge is 0.408 e. The highest BCUT2D eigenvalue weighted by molar-refractivity contribution is 5.80. The molecule has 1 atom stereocenters. The Hall–Kier alpha value is -1.26. The van der Waals surface area contributed by atoms with Crippen LogP contribution in [0.15, 0.2) is 0 Å². The van der Waals surface area contributed by atoms with Crippen molar-refractivity contribution in [1.82, 2.24) is 5.32 Å². The molecule has 3 aliphatic rings. The van der Waals surface area contributed by atoms with E-state index in [1.165, 1.54) is 19.3 Å². The van der Waals surface area contributed by atoms with Gasteiger partial charge >= 0.3 is 12.1 Å². The summed E-state index contributed by atoms with van der Waals surface area (Å²) in [4.78, 5) is 23.3. The molecule has 3 fully saturated rings. The van der Waals surface area contributed by atoms with E-state index in [4.69, 9.17) is 4.74 Å². The van der Waals surface area contributed by atoms with Gasteiger partial charge in [0.2, 0.25) is 0 Å². The summed E-state index contributed by atoms with van der Waals surface area (Å²) >= 11 is 0. The lowest BCUT2D eigenvalue weighted by Gasteiger charge is -2.47. The zero-order valence-electron chi connectivity index (χ0n) is 13.3. The molecule has 2 bridgehead atoms. The Morgan fingerprint density at radius 1 is 1.24 bits per heavy atom. The molecule has 3 saturated carbocycles. The number of amides is 1. The highest BCUT2D eigenvalue weighted by atomic mass is 16.6. The molecule has 0 aromatic heterocycles. The number of hydrogen-bond donors (Lipinski definition) is 2. The first-order chi connectivity index (χ1) is 9.69. The van der Waals surface area contributed by atoms with E-state index in [0.717, 1.165) is 25.2 Å². The molecule has 2 N–H and O–H groups in total. The molecule has 0 aromatic rings. The number of carboxylic acids is 1. The van der Waals surface area contributed by atoms with Gasteiger partial charge in [-0.25, -0.2) is 9.59 Å². The van der Waals surface area contributed by atoms with Gasteiger partial charge in [0.1, 0.15) is 11.6 Å². The Labute approximate surface area is 126 Å². The number of aliphatic carboxylic acids is 1. The van der Waals surface area contributed by atoms with E-state index in [-0.39, 0.29) is 5.41 Å². The fourth-order valence-corrected chi connectivity index (χ4v) is 3.73. The topological polar surface area (TPSA) is 75.6 Å². The Balaban J connectivity index is 1.96. The summed E-state index contributed by atoms with van der Waals surface area (Å²) in [5.41, 5.74) is -0.513. The molecule has 0 aromatic carbocycles. The normalized spacial score (nSPS) is 29.8. The Morgan fingerprint density at radius 2 is 1.76 bits per heavy atom. The zero-order chi connectivity index (χ0) is 15.7. The van der Waals surface area contributed by atoms with Crippen molar-refractivity contribution in [1.29, 1.82) is 0 Å². The van der Waals surface area contributed by atoms with Crippen LogP contribution in [0.1, 0.15) is 65.7 Å². The first-order valence-corrected chi connectivity index (χ1v) is 7.91. The molecule has 5 heteroatoms. The molecular formula is C16H27NO4. The fraction of sp³-hybridized carbons (Fsp3) is 0.875. The van der Waals surface area contributed by atoms with Gasteiger partial charge in [0.05, 0.1) is 0 Å². The van der Waals surface area contributed by atoms with E-state index in [1.54, 1.807) is 20.8 Å². The first kappa shape index (κ1) is 16.1. The van der Waals surface area contributed by atoms with Crippen molar-refractivity contribution < 1.29 is 19.4 Å². The van der Waals surface area contributed by atoms with E-state index < -0.39 is 23.7 Å². The number of rotatable bonds is 4. The molecule has 0 aliphatic heterocycles. The van der Waals surface area contributed by atoms with Crippen LogP contribution in [-0.4, -0.2) is 28.8 Å². The number of alkyl carbamates (subject to hydrolysis) is 1. The van der Waals surface area contributed by atoms with E-state index in [1.807, 2.05) is 0 Å². The second-order valence-corrected chi connectivity index (χ2v) is 7.72. The Kier molecular flexibility index (Phi) is 4.49. The van der Waals surface area contributed by atoms with Crippen LogP contribution in [0.25, 0.3) is 0 Å². The maximum atomic E-state index is 11.8. The summed E-state index contributed by atoms with van der Waals surface area (Å²) in [6.45, 7) is 5.30. The molecule has 0 radical (unpaired) electrons. The summed E-state index contributed by atoms with van der Waals surface area (Å²) in [5, 5.41) is 11.9. The van der Waals surface area contributed by atoms with Crippen molar-refractivity contribution in [2.24, 2.45) is 11.3 Å². The van der Waals surface area contributed by atoms with Crippen molar-refractivity contribution in [2.75, 3.05) is 0 Å². The highest BCUT2D eigenvalue weighted by Gasteiger charge is 2.43. The number of nitrogens with one attached hydrogen (secondary N) is 1. The van der Waals surface area contributed by atoms with Gasteiger partial charge in [-0.2, -0.15) is 0 Å². The monoisotopic (exact) mass is 297 g/mol. The molecule has 0 unspecified atom stereocenters. The van der Waals surface area contributed by atoms with E-state index in [2.05, 4.69) is 5.32 Å². The van der Waals surface area contributed by atoms with Gasteiger partial charge in [-0.05, 0) is 77.0 Å². The van der Waals surface area contributed by atoms with Gasteiger partial charge in [0, 0.05) is 0 Å². The summed E-state index contributed by atoms with van der Waals surface area (Å²) in [5.74, 6) is -0.128. The maximum absolute atomic E-state index is 11.8. The van der Waals surface area contributed by atoms with Crippen molar-refractivity contribution >= 4 is 12.1 Å². The van der Waals surface area contributed by atoms with Crippen LogP contribution in [0.2, 0.25) is 0 Å². The van der Waals surface area contributed by atoms with Gasteiger partial charge in [-0.1, -0.05) is 0 Å². The number of carbonyl (C=O) groups excluding carboxylic acids is 1. The summed E-state index contributed by atoms with van der Waals surface area (Å²) < 4.78 is 5.17. The van der Waals surface area contributed by atoms with Crippen molar-refractivity contribution in [3.63, 3.8) is 0 Å². The van der Waals surface area contributed by atoms with Crippen LogP contribution in [0.3, 0.4) is 0 Å². The third kappa shape index (κ3) is 4.35. The largest absolute Gasteiger partial charge is 0.480 e. The second-order valence-electron chi connectivity index (χ2n) is 7.72. The maximum Gasteiger partial charge on any atom is 0.408 e. The van der Waals surface area contributed by atoms with Crippen LogP contribution in [-0.2, 0) is 9.53 Å². The Morgan fingerprint density at radius 3 is 2.19 bits per heavy atom. The van der Waals surface area contributed by atoms with Crippen molar-refractivity contribution in [2.45, 2.75) is 77.4 Å². The lowest BCUT2D eigenvalue weighted by molar-refractivity contribution is -0.141. The first-order valence-electron chi connectivity index (χ1n) is 7.91. The molecule has 120 valence electrons. The third-order valence-corrected chi connectivity index (χ3v) is 4.87. The third-order valence-electron chi connectivity index (χ3n) is 4.87. The van der Waals surface area contributed by atoms with Crippen LogP contribution in [0, 0.1) is 11.3 Å². The molecule has 0 spiro atoms. The number of carboxylic acid groups (broad SMARTS) is 1. The summed E-state index contributed by atoms with van der Waals surface area (Å²) in [7, 11) is 0. The number of ether oxygens (including phenoxy) is 1. The standard InChI is InChI=1S/C16H27NO4/c1-15(2,3)21-14(20)17-12(13(18)19)10-16-7-4-11(5-8-16)6-9-16/h11-12H,4-10H2,1-3H3,(H,17,20)(H,18,19)/t11?,12-,16?/m0/s1. The molecule has 21 heavy (non-hydrogen) atoms. The van der Waals surface area contributed by atoms with Gasteiger partial charge in [-0.3, -0.25) is 0 Å². The number of hydrogen-bond acceptors (Lipinski definition) is 3. The molecule has 5 nitrogen and oxygen atoms in total. The van der Waals surface area contributed by atoms with Gasteiger partial charge < -0.3 is 15.2 Å². The molecule has 0 heterocycles. The van der Waals surface area contributed by atoms with E-state index in [9.17, 15) is 14.7 Å². The Bertz CT molecular complexity index is 391. The summed E-state index contributed by atoms with van der Waals surface area (Å²) in [6, 6.07) is -0.852. The van der Waals surface area contributed by atoms with E-state index in [0.29, 0.717) is 6.42 Å². The van der Waals surface area contributed by atoms with Crippen LogP contribution in [0.4, 0.5) is 4.79 Å².